The van der Waals surface area contributed by atoms with Crippen LogP contribution in [0, 0.1) is 0 Å². The van der Waals surface area contributed by atoms with Crippen molar-refractivity contribution in [3.8, 4) is 0 Å². The number of hydrazine groups is 1. The van der Waals surface area contributed by atoms with Gasteiger partial charge < -0.3 is 5.73 Å². The molecule has 2 aromatic carbocycles. The van der Waals surface area contributed by atoms with Gasteiger partial charge in [-0.25, -0.2) is 5.01 Å². The molecule has 0 saturated carbocycles. The second-order valence-corrected chi connectivity index (χ2v) is 5.28. The molecular formula is C16H19N3O. The fraction of sp³-hybridized carbons (Fsp3) is 0.312. The van der Waals surface area contributed by atoms with Crippen LogP contribution in [-0.2, 0) is 0 Å². The molecule has 1 aliphatic heterocycles. The number of nitrogens with one attached hydrogen (secondary N) is 1. The molecule has 0 unspecified atom stereocenters. The van der Waals surface area contributed by atoms with Crippen LogP contribution in [0.1, 0.15) is 29.6 Å². The zero-order valence-electron chi connectivity index (χ0n) is 11.4. The van der Waals surface area contributed by atoms with Crippen LogP contribution in [-0.4, -0.2) is 24.0 Å². The number of rotatable bonds is 2. The molecule has 0 aliphatic carbocycles. The number of nitrogens with zero attached hydrogens (tertiary/aromatic N) is 1. The minimum Gasteiger partial charge on any atom is -0.398 e. The first-order valence-electron chi connectivity index (χ1n) is 7.08. The fourth-order valence-corrected chi connectivity index (χ4v) is 2.66. The first kappa shape index (κ1) is 12.9. The maximum atomic E-state index is 12.3. The highest BCUT2D eigenvalue weighted by atomic mass is 16.2. The number of hydrogen-bond donors (Lipinski definition) is 2. The van der Waals surface area contributed by atoms with E-state index in [0.717, 1.165) is 36.7 Å². The Labute approximate surface area is 118 Å². The summed E-state index contributed by atoms with van der Waals surface area (Å²) in [5.41, 5.74) is 10.0. The van der Waals surface area contributed by atoms with E-state index in [0.29, 0.717) is 11.3 Å². The van der Waals surface area contributed by atoms with Crippen LogP contribution in [0.3, 0.4) is 0 Å². The third-order valence-corrected chi connectivity index (χ3v) is 3.78. The Kier molecular flexibility index (Phi) is 3.56. The second-order valence-electron chi connectivity index (χ2n) is 5.28. The monoisotopic (exact) mass is 269 g/mol. The van der Waals surface area contributed by atoms with Gasteiger partial charge >= 0.3 is 0 Å². The van der Waals surface area contributed by atoms with Crippen molar-refractivity contribution in [1.82, 2.24) is 10.4 Å². The molecule has 1 aliphatic rings. The molecule has 104 valence electrons. The maximum absolute atomic E-state index is 12.3. The Morgan fingerprint density at radius 2 is 1.70 bits per heavy atom. The van der Waals surface area contributed by atoms with Crippen LogP contribution in [0.4, 0.5) is 5.69 Å². The van der Waals surface area contributed by atoms with Crippen LogP contribution in [0.2, 0.25) is 0 Å². The average molecular weight is 269 g/mol. The molecule has 4 nitrogen and oxygen atoms in total. The molecule has 1 amide bonds. The molecule has 3 N–H and O–H groups in total. The van der Waals surface area contributed by atoms with Crippen LogP contribution in [0.5, 0.6) is 0 Å². The van der Waals surface area contributed by atoms with Crippen LogP contribution in [0.15, 0.2) is 36.4 Å². The van der Waals surface area contributed by atoms with E-state index in [-0.39, 0.29) is 5.91 Å². The standard InChI is InChI=1S/C16H19N3O/c17-15-11-13-7-3-2-6-12(13)10-14(15)16(20)18-19-8-4-1-5-9-19/h2-3,6-7,10-11H,1,4-5,8-9,17H2,(H,18,20). The highest BCUT2D eigenvalue weighted by Gasteiger charge is 2.16. The van der Waals surface area contributed by atoms with Crippen LogP contribution in [0.25, 0.3) is 10.8 Å². The summed E-state index contributed by atoms with van der Waals surface area (Å²) in [7, 11) is 0. The number of benzene rings is 2. The quantitative estimate of drug-likeness (QED) is 0.824. The van der Waals surface area contributed by atoms with E-state index in [4.69, 9.17) is 5.73 Å². The van der Waals surface area contributed by atoms with Crippen LogP contribution >= 0.6 is 0 Å². The van der Waals surface area contributed by atoms with Gasteiger partial charge in [-0.3, -0.25) is 10.2 Å². The number of hydrogen-bond acceptors (Lipinski definition) is 3. The van der Waals surface area contributed by atoms with Crippen molar-refractivity contribution in [2.24, 2.45) is 0 Å². The molecule has 20 heavy (non-hydrogen) atoms. The molecule has 0 atom stereocenters. The summed E-state index contributed by atoms with van der Waals surface area (Å²) in [6.07, 6.45) is 3.51. The second kappa shape index (κ2) is 5.51. The number of piperidine rings is 1. The summed E-state index contributed by atoms with van der Waals surface area (Å²) in [6.45, 7) is 1.83. The Bertz CT molecular complexity index is 633. The highest BCUT2D eigenvalue weighted by molar-refractivity contribution is 6.03. The van der Waals surface area contributed by atoms with E-state index >= 15 is 0 Å². The van der Waals surface area contributed by atoms with Crippen molar-refractivity contribution in [3.05, 3.63) is 42.0 Å². The lowest BCUT2D eigenvalue weighted by Gasteiger charge is -2.27. The lowest BCUT2D eigenvalue weighted by Crippen LogP contribution is -2.45. The Morgan fingerprint density at radius 1 is 1.05 bits per heavy atom. The minimum absolute atomic E-state index is 0.116. The number of carbonyl (C=O) groups excluding carboxylic acids is 1. The predicted octanol–water partition coefficient (Wildman–Crippen LogP) is 2.55. The Balaban J connectivity index is 1.84. The lowest BCUT2D eigenvalue weighted by atomic mass is 10.0. The molecule has 0 bridgehead atoms. The molecule has 1 heterocycles. The number of carbonyl (C=O) groups is 1. The number of nitrogen functional groups attached to an aromatic ring is 1. The van der Waals surface area contributed by atoms with Crippen molar-refractivity contribution in [3.63, 3.8) is 0 Å². The number of nitrogens with two attached hydrogens (primary N) is 1. The third kappa shape index (κ3) is 2.60. The smallest absolute Gasteiger partial charge is 0.267 e. The third-order valence-electron chi connectivity index (χ3n) is 3.78. The summed E-state index contributed by atoms with van der Waals surface area (Å²) in [5, 5.41) is 4.07. The van der Waals surface area contributed by atoms with Gasteiger partial charge in [-0.2, -0.15) is 0 Å². The van der Waals surface area contributed by atoms with Crippen molar-refractivity contribution in [1.29, 1.82) is 0 Å². The summed E-state index contributed by atoms with van der Waals surface area (Å²) in [6, 6.07) is 11.6. The number of amides is 1. The molecule has 1 fully saturated rings. The fourth-order valence-electron chi connectivity index (χ4n) is 2.66. The van der Waals surface area contributed by atoms with Crippen molar-refractivity contribution >= 4 is 22.4 Å². The van der Waals surface area contributed by atoms with Gasteiger partial charge in [-0.05, 0) is 35.7 Å². The van der Waals surface area contributed by atoms with Crippen LogP contribution < -0.4 is 11.2 Å². The van der Waals surface area contributed by atoms with E-state index in [9.17, 15) is 4.79 Å². The van der Waals surface area contributed by atoms with Crippen molar-refractivity contribution < 1.29 is 4.79 Å². The molecule has 3 rings (SSSR count). The highest BCUT2D eigenvalue weighted by Crippen LogP contribution is 2.22. The zero-order valence-corrected chi connectivity index (χ0v) is 11.4. The lowest BCUT2D eigenvalue weighted by molar-refractivity contribution is 0.0751. The van der Waals surface area contributed by atoms with E-state index in [2.05, 4.69) is 5.43 Å². The first-order valence-corrected chi connectivity index (χ1v) is 7.08. The van der Waals surface area contributed by atoms with E-state index < -0.39 is 0 Å². The van der Waals surface area contributed by atoms with Gasteiger partial charge in [-0.1, -0.05) is 30.7 Å². The summed E-state index contributed by atoms with van der Waals surface area (Å²) < 4.78 is 0. The zero-order chi connectivity index (χ0) is 13.9. The predicted molar refractivity (Wildman–Crippen MR) is 81.3 cm³/mol. The average Bonchev–Trinajstić information content (AvgIpc) is 2.47. The van der Waals surface area contributed by atoms with Gasteiger partial charge in [0.2, 0.25) is 0 Å². The molecular weight excluding hydrogens is 250 g/mol. The molecule has 0 aromatic heterocycles. The number of fused-ring (bicyclic) bond motifs is 1. The minimum atomic E-state index is -0.116. The summed E-state index contributed by atoms with van der Waals surface area (Å²) in [4.78, 5) is 12.3. The topological polar surface area (TPSA) is 58.4 Å². The summed E-state index contributed by atoms with van der Waals surface area (Å²) in [5.74, 6) is -0.116. The molecule has 0 spiro atoms. The Morgan fingerprint density at radius 3 is 2.40 bits per heavy atom. The van der Waals surface area contributed by atoms with Gasteiger partial charge in [0.1, 0.15) is 0 Å². The van der Waals surface area contributed by atoms with E-state index in [1.807, 2.05) is 41.4 Å². The Hall–Kier alpha value is -2.07. The number of anilines is 1. The van der Waals surface area contributed by atoms with Crippen molar-refractivity contribution in [2.45, 2.75) is 19.3 Å². The first-order chi connectivity index (χ1) is 9.74. The molecule has 1 saturated heterocycles. The van der Waals surface area contributed by atoms with Gasteiger partial charge in [0, 0.05) is 18.8 Å². The largest absolute Gasteiger partial charge is 0.398 e. The van der Waals surface area contributed by atoms with Gasteiger partial charge in [0.05, 0.1) is 5.56 Å². The normalized spacial score (nSPS) is 16.2. The molecule has 2 aromatic rings. The van der Waals surface area contributed by atoms with E-state index in [1.54, 1.807) is 0 Å². The molecule has 0 radical (unpaired) electrons. The maximum Gasteiger partial charge on any atom is 0.267 e. The summed E-state index contributed by atoms with van der Waals surface area (Å²) >= 11 is 0. The molecule has 4 heteroatoms. The van der Waals surface area contributed by atoms with Gasteiger partial charge in [-0.15, -0.1) is 0 Å². The SMILES string of the molecule is Nc1cc2ccccc2cc1C(=O)NN1CCCCC1. The van der Waals surface area contributed by atoms with Crippen molar-refractivity contribution in [2.75, 3.05) is 18.8 Å². The van der Waals surface area contributed by atoms with Gasteiger partial charge in [0.25, 0.3) is 5.91 Å². The van der Waals surface area contributed by atoms with E-state index in [1.165, 1.54) is 6.42 Å². The van der Waals surface area contributed by atoms with Gasteiger partial charge in [0.15, 0.2) is 0 Å².